The first kappa shape index (κ1) is 20.5. The number of halogens is 1. The van der Waals surface area contributed by atoms with E-state index >= 15 is 0 Å². The van der Waals surface area contributed by atoms with Gasteiger partial charge in [0.15, 0.2) is 22.0 Å². The summed E-state index contributed by atoms with van der Waals surface area (Å²) < 4.78 is 20.8. The van der Waals surface area contributed by atoms with Crippen LogP contribution in [0.2, 0.25) is 0 Å². The van der Waals surface area contributed by atoms with E-state index in [4.69, 9.17) is 4.74 Å². The minimum Gasteiger partial charge on any atom is -0.465 e. The molecule has 0 N–H and O–H groups in total. The largest absolute Gasteiger partial charge is 0.465 e. The molecule has 0 saturated heterocycles. The fourth-order valence-electron chi connectivity index (χ4n) is 3.47. The minimum absolute atomic E-state index is 0.152. The van der Waals surface area contributed by atoms with Gasteiger partial charge in [-0.15, -0.1) is 10.2 Å². The van der Waals surface area contributed by atoms with Crippen LogP contribution in [0.5, 0.6) is 0 Å². The van der Waals surface area contributed by atoms with E-state index in [0.717, 1.165) is 37.4 Å². The summed E-state index contributed by atoms with van der Waals surface area (Å²) in [5, 5.41) is 8.03. The topological polar surface area (TPSA) is 74.1 Å². The summed E-state index contributed by atoms with van der Waals surface area (Å²) in [5.41, 5.74) is 0.625. The van der Waals surface area contributed by atoms with Gasteiger partial charge in [-0.25, -0.2) is 4.39 Å². The van der Waals surface area contributed by atoms with Crippen LogP contribution in [0, 0.1) is 5.82 Å². The average Bonchev–Trinajstić information content (AvgIpc) is 3.10. The Kier molecular flexibility index (Phi) is 6.83. The van der Waals surface area contributed by atoms with Crippen LogP contribution in [-0.4, -0.2) is 38.4 Å². The Hall–Kier alpha value is -2.22. The Labute approximate surface area is 167 Å². The van der Waals surface area contributed by atoms with Gasteiger partial charge >= 0.3 is 5.97 Å². The predicted octanol–water partition coefficient (Wildman–Crippen LogP) is 4.20. The highest BCUT2D eigenvalue weighted by atomic mass is 32.2. The number of thioether (sulfide) groups is 1. The molecule has 1 heterocycles. The third-order valence-corrected chi connectivity index (χ3v) is 6.03. The molecule has 0 spiro atoms. The number of carbonyl (C=O) groups is 2. The Morgan fingerprint density at radius 3 is 2.68 bits per heavy atom. The van der Waals surface area contributed by atoms with Crippen LogP contribution in [0.15, 0.2) is 29.4 Å². The van der Waals surface area contributed by atoms with E-state index in [1.165, 1.54) is 25.5 Å². The van der Waals surface area contributed by atoms with Crippen molar-refractivity contribution in [2.75, 3.05) is 6.61 Å². The van der Waals surface area contributed by atoms with E-state index in [2.05, 4.69) is 10.2 Å². The zero-order valence-electron chi connectivity index (χ0n) is 16.1. The molecule has 0 bridgehead atoms. The molecule has 28 heavy (non-hydrogen) atoms. The van der Waals surface area contributed by atoms with Gasteiger partial charge in [-0.2, -0.15) is 0 Å². The van der Waals surface area contributed by atoms with Crippen molar-refractivity contribution in [2.45, 2.75) is 62.4 Å². The van der Waals surface area contributed by atoms with Gasteiger partial charge in [-0.1, -0.05) is 43.2 Å². The molecule has 8 heteroatoms. The fourth-order valence-corrected chi connectivity index (χ4v) is 4.45. The second-order valence-corrected chi connectivity index (χ2v) is 7.91. The van der Waals surface area contributed by atoms with Gasteiger partial charge in [-0.05, 0) is 38.8 Å². The van der Waals surface area contributed by atoms with E-state index in [9.17, 15) is 14.0 Å². The van der Waals surface area contributed by atoms with Crippen molar-refractivity contribution in [1.29, 1.82) is 0 Å². The molecular weight excluding hydrogens is 381 g/mol. The molecule has 3 rings (SSSR count). The monoisotopic (exact) mass is 405 g/mol. The zero-order valence-corrected chi connectivity index (χ0v) is 16.9. The third-order valence-electron chi connectivity index (χ3n) is 4.78. The number of Topliss-reactive ketones (excluding diaryl/α,β-unsaturated/α-hetero) is 1. The second-order valence-electron chi connectivity index (χ2n) is 6.84. The molecule has 0 radical (unpaired) electrons. The Balaban J connectivity index is 2.00. The zero-order chi connectivity index (χ0) is 20.1. The summed E-state index contributed by atoms with van der Waals surface area (Å²) in [5.74, 6) is -0.669. The molecule has 0 amide bonds. The molecule has 1 fully saturated rings. The summed E-state index contributed by atoms with van der Waals surface area (Å²) >= 11 is 1.06. The second kappa shape index (κ2) is 9.32. The molecule has 0 aliphatic heterocycles. The van der Waals surface area contributed by atoms with Gasteiger partial charge < -0.3 is 4.74 Å². The first-order chi connectivity index (χ1) is 13.5. The van der Waals surface area contributed by atoms with Crippen molar-refractivity contribution in [3.63, 3.8) is 0 Å². The highest BCUT2D eigenvalue weighted by Gasteiger charge is 2.31. The number of esters is 1. The Morgan fingerprint density at radius 1 is 1.29 bits per heavy atom. The molecule has 1 atom stereocenters. The van der Waals surface area contributed by atoms with Crippen LogP contribution in [0.25, 0.3) is 11.4 Å². The van der Waals surface area contributed by atoms with Gasteiger partial charge in [-0.3, -0.25) is 14.2 Å². The SMILES string of the molecule is CCOC(=O)C(Sc1nnc(-c2cccc(F)c2)n1C1CCCCC1)C(C)=O. The Morgan fingerprint density at radius 2 is 2.04 bits per heavy atom. The summed E-state index contributed by atoms with van der Waals surface area (Å²) in [6, 6.07) is 6.38. The number of ether oxygens (including phenoxy) is 1. The number of rotatable bonds is 7. The van der Waals surface area contributed by atoms with E-state index in [-0.39, 0.29) is 24.2 Å². The summed E-state index contributed by atoms with van der Waals surface area (Å²) in [7, 11) is 0. The van der Waals surface area contributed by atoms with Crippen molar-refractivity contribution in [2.24, 2.45) is 0 Å². The van der Waals surface area contributed by atoms with Gasteiger partial charge in [0.05, 0.1) is 6.61 Å². The predicted molar refractivity (Wildman–Crippen MR) is 104 cm³/mol. The lowest BCUT2D eigenvalue weighted by Gasteiger charge is -2.26. The van der Waals surface area contributed by atoms with Crippen molar-refractivity contribution in [3.8, 4) is 11.4 Å². The van der Waals surface area contributed by atoms with Crippen LogP contribution in [-0.2, 0) is 14.3 Å². The van der Waals surface area contributed by atoms with Crippen LogP contribution in [0.1, 0.15) is 52.0 Å². The standard InChI is InChI=1S/C20H24FN3O3S/c1-3-27-19(26)17(13(2)25)28-20-23-22-18(14-8-7-9-15(21)12-14)24(20)16-10-5-4-6-11-16/h7-9,12,16-17H,3-6,10-11H2,1-2H3. The highest BCUT2D eigenvalue weighted by molar-refractivity contribution is 8.01. The lowest BCUT2D eigenvalue weighted by Crippen LogP contribution is -2.28. The first-order valence-corrected chi connectivity index (χ1v) is 10.4. The van der Waals surface area contributed by atoms with Crippen LogP contribution in [0.3, 0.4) is 0 Å². The van der Waals surface area contributed by atoms with E-state index in [1.54, 1.807) is 19.1 Å². The molecule has 1 aromatic heterocycles. The minimum atomic E-state index is -0.994. The molecule has 1 aliphatic rings. The quantitative estimate of drug-likeness (QED) is 0.390. The fraction of sp³-hybridized carbons (Fsp3) is 0.500. The summed E-state index contributed by atoms with van der Waals surface area (Å²) in [6.07, 6.45) is 5.26. The third kappa shape index (κ3) is 4.60. The van der Waals surface area contributed by atoms with Crippen LogP contribution in [0.4, 0.5) is 4.39 Å². The number of aromatic nitrogens is 3. The van der Waals surface area contributed by atoms with Gasteiger partial charge in [0.1, 0.15) is 5.82 Å². The number of nitrogens with zero attached hydrogens (tertiary/aromatic N) is 3. The normalized spacial score (nSPS) is 16.0. The van der Waals surface area contributed by atoms with E-state index in [1.807, 2.05) is 4.57 Å². The van der Waals surface area contributed by atoms with Crippen molar-refractivity contribution in [1.82, 2.24) is 14.8 Å². The lowest BCUT2D eigenvalue weighted by atomic mass is 9.95. The lowest BCUT2D eigenvalue weighted by molar-refractivity contribution is -0.144. The molecule has 2 aromatic rings. The number of benzene rings is 1. The van der Waals surface area contributed by atoms with Crippen LogP contribution >= 0.6 is 11.8 Å². The molecular formula is C20H24FN3O3S. The summed E-state index contributed by atoms with van der Waals surface area (Å²) in [6.45, 7) is 3.27. The average molecular weight is 405 g/mol. The maximum atomic E-state index is 13.8. The number of hydrogen-bond donors (Lipinski definition) is 0. The molecule has 6 nitrogen and oxygen atoms in total. The van der Waals surface area contributed by atoms with Gasteiger partial charge in [0.25, 0.3) is 0 Å². The van der Waals surface area contributed by atoms with Crippen molar-refractivity contribution in [3.05, 3.63) is 30.1 Å². The maximum absolute atomic E-state index is 13.8. The molecule has 1 aliphatic carbocycles. The van der Waals surface area contributed by atoms with Gasteiger partial charge in [0.2, 0.25) is 0 Å². The molecule has 1 unspecified atom stereocenters. The molecule has 1 saturated carbocycles. The first-order valence-electron chi connectivity index (χ1n) is 9.55. The molecule has 1 aromatic carbocycles. The Bertz CT molecular complexity index is 849. The van der Waals surface area contributed by atoms with E-state index in [0.29, 0.717) is 16.5 Å². The molecule has 150 valence electrons. The maximum Gasteiger partial charge on any atom is 0.327 e. The van der Waals surface area contributed by atoms with Gasteiger partial charge in [0, 0.05) is 11.6 Å². The van der Waals surface area contributed by atoms with E-state index < -0.39 is 11.2 Å². The summed E-state index contributed by atoms with van der Waals surface area (Å²) in [4.78, 5) is 24.3. The van der Waals surface area contributed by atoms with Crippen molar-refractivity contribution >= 4 is 23.5 Å². The van der Waals surface area contributed by atoms with Crippen LogP contribution < -0.4 is 0 Å². The number of hydrogen-bond acceptors (Lipinski definition) is 6. The highest BCUT2D eigenvalue weighted by Crippen LogP contribution is 2.37. The smallest absolute Gasteiger partial charge is 0.327 e. The number of ketones is 1. The number of carbonyl (C=O) groups excluding carboxylic acids is 2. The van der Waals surface area contributed by atoms with Crippen molar-refractivity contribution < 1.29 is 18.7 Å².